The van der Waals surface area contributed by atoms with Gasteiger partial charge in [-0.2, -0.15) is 13.2 Å². The van der Waals surface area contributed by atoms with Crippen molar-refractivity contribution in [2.24, 2.45) is 0 Å². The van der Waals surface area contributed by atoms with Crippen LogP contribution in [0.3, 0.4) is 0 Å². The first-order chi connectivity index (χ1) is 7.08. The lowest BCUT2D eigenvalue weighted by Gasteiger charge is -2.07. The van der Waals surface area contributed by atoms with Gasteiger partial charge in [0.05, 0.1) is 6.42 Å². The molecule has 0 fully saturated rings. The van der Waals surface area contributed by atoms with Crippen LogP contribution in [0, 0.1) is 0 Å². The highest BCUT2D eigenvalue weighted by Crippen LogP contribution is 2.17. The van der Waals surface area contributed by atoms with Crippen molar-refractivity contribution in [3.63, 3.8) is 0 Å². The Morgan fingerprint density at radius 3 is 2.19 bits per heavy atom. The molecule has 0 aromatic heterocycles. The van der Waals surface area contributed by atoms with Gasteiger partial charge >= 0.3 is 6.18 Å². The monoisotopic (exact) mass is 253 g/mol. The Morgan fingerprint density at radius 1 is 1.00 bits per heavy atom. The summed E-state index contributed by atoms with van der Waals surface area (Å²) in [4.78, 5) is 0. The summed E-state index contributed by atoms with van der Waals surface area (Å²) in [7, 11) is 0. The van der Waals surface area contributed by atoms with Crippen molar-refractivity contribution in [2.75, 3.05) is 13.1 Å². The van der Waals surface area contributed by atoms with Crippen LogP contribution >= 0.6 is 12.4 Å². The van der Waals surface area contributed by atoms with E-state index in [4.69, 9.17) is 0 Å². The van der Waals surface area contributed by atoms with E-state index in [1.165, 1.54) is 0 Å². The van der Waals surface area contributed by atoms with Gasteiger partial charge < -0.3 is 5.32 Å². The molecular formula is C11H15ClF3N. The second-order valence-corrected chi connectivity index (χ2v) is 3.35. The quantitative estimate of drug-likeness (QED) is 0.795. The zero-order valence-electron chi connectivity index (χ0n) is 8.76. The van der Waals surface area contributed by atoms with Crippen molar-refractivity contribution in [1.82, 2.24) is 5.32 Å². The lowest BCUT2D eigenvalue weighted by Crippen LogP contribution is -2.23. The first-order valence-electron chi connectivity index (χ1n) is 4.89. The van der Waals surface area contributed by atoms with Crippen molar-refractivity contribution in [2.45, 2.75) is 19.0 Å². The Balaban J connectivity index is 0.00000225. The van der Waals surface area contributed by atoms with Gasteiger partial charge in [-0.3, -0.25) is 0 Å². The summed E-state index contributed by atoms with van der Waals surface area (Å²) in [5, 5.41) is 2.77. The summed E-state index contributed by atoms with van der Waals surface area (Å²) in [5.74, 6) is 0. The fraction of sp³-hybridized carbons (Fsp3) is 0.455. The first-order valence-corrected chi connectivity index (χ1v) is 4.89. The van der Waals surface area contributed by atoms with Crippen LogP contribution in [0.5, 0.6) is 0 Å². The third kappa shape index (κ3) is 7.54. The molecule has 5 heteroatoms. The van der Waals surface area contributed by atoms with Gasteiger partial charge in [0.15, 0.2) is 0 Å². The molecule has 0 atom stereocenters. The largest absolute Gasteiger partial charge is 0.390 e. The van der Waals surface area contributed by atoms with E-state index in [0.29, 0.717) is 6.54 Å². The molecule has 0 saturated heterocycles. The molecule has 1 rings (SSSR count). The molecule has 0 unspecified atom stereocenters. The summed E-state index contributed by atoms with van der Waals surface area (Å²) in [6, 6.07) is 9.69. The molecule has 0 heterocycles. The molecule has 0 bridgehead atoms. The molecule has 0 aliphatic rings. The SMILES string of the molecule is Cl.FC(F)(F)CCNCCc1ccccc1. The number of rotatable bonds is 5. The predicted octanol–water partition coefficient (Wildman–Crippen LogP) is 3.19. The number of benzene rings is 1. The maximum atomic E-state index is 11.8. The van der Waals surface area contributed by atoms with Gasteiger partial charge in [-0.15, -0.1) is 12.4 Å². The molecule has 0 amide bonds. The topological polar surface area (TPSA) is 12.0 Å². The van der Waals surface area contributed by atoms with Crippen molar-refractivity contribution in [3.05, 3.63) is 35.9 Å². The van der Waals surface area contributed by atoms with Crippen molar-refractivity contribution >= 4 is 12.4 Å². The summed E-state index contributed by atoms with van der Waals surface area (Å²) < 4.78 is 35.3. The smallest absolute Gasteiger partial charge is 0.316 e. The van der Waals surface area contributed by atoms with E-state index in [2.05, 4.69) is 5.32 Å². The van der Waals surface area contributed by atoms with Crippen LogP contribution in [-0.4, -0.2) is 19.3 Å². The summed E-state index contributed by atoms with van der Waals surface area (Å²) in [6.07, 6.45) is -4.06. The molecule has 0 aliphatic heterocycles. The first kappa shape index (κ1) is 15.3. The van der Waals surface area contributed by atoms with Gasteiger partial charge in [0.2, 0.25) is 0 Å². The molecule has 16 heavy (non-hydrogen) atoms. The molecule has 0 aliphatic carbocycles. The Morgan fingerprint density at radius 2 is 1.62 bits per heavy atom. The molecule has 1 aromatic rings. The lowest BCUT2D eigenvalue weighted by atomic mass is 10.1. The third-order valence-corrected chi connectivity index (χ3v) is 2.02. The van der Waals surface area contributed by atoms with Crippen LogP contribution in [0.15, 0.2) is 30.3 Å². The van der Waals surface area contributed by atoms with Crippen molar-refractivity contribution in [3.8, 4) is 0 Å². The molecule has 0 saturated carbocycles. The van der Waals surface area contributed by atoms with E-state index in [-0.39, 0.29) is 19.0 Å². The number of nitrogens with one attached hydrogen (secondary N) is 1. The van der Waals surface area contributed by atoms with Crippen LogP contribution in [-0.2, 0) is 6.42 Å². The van der Waals surface area contributed by atoms with E-state index in [1.54, 1.807) is 0 Å². The van der Waals surface area contributed by atoms with Crippen molar-refractivity contribution in [1.29, 1.82) is 0 Å². The molecule has 92 valence electrons. The van der Waals surface area contributed by atoms with Gasteiger partial charge in [0.1, 0.15) is 0 Å². The van der Waals surface area contributed by atoms with Gasteiger partial charge in [0.25, 0.3) is 0 Å². The van der Waals surface area contributed by atoms with Crippen LogP contribution in [0.2, 0.25) is 0 Å². The molecule has 1 N–H and O–H groups in total. The zero-order chi connectivity index (χ0) is 11.1. The van der Waals surface area contributed by atoms with Crippen LogP contribution in [0.1, 0.15) is 12.0 Å². The molecule has 1 nitrogen and oxygen atoms in total. The highest BCUT2D eigenvalue weighted by Gasteiger charge is 2.25. The van der Waals surface area contributed by atoms with Crippen LogP contribution in [0.4, 0.5) is 13.2 Å². The summed E-state index contributed by atoms with van der Waals surface area (Å²) in [5.41, 5.74) is 1.14. The normalized spacial score (nSPS) is 10.9. The maximum Gasteiger partial charge on any atom is 0.390 e. The molecule has 1 aromatic carbocycles. The average Bonchev–Trinajstić information content (AvgIpc) is 2.17. The Kier molecular flexibility index (Phi) is 7.17. The minimum Gasteiger partial charge on any atom is -0.316 e. The minimum absolute atomic E-state index is 0. The maximum absolute atomic E-state index is 11.8. The zero-order valence-corrected chi connectivity index (χ0v) is 9.57. The van der Waals surface area contributed by atoms with E-state index in [9.17, 15) is 13.2 Å². The van der Waals surface area contributed by atoms with Crippen LogP contribution in [0.25, 0.3) is 0 Å². The summed E-state index contributed by atoms with van der Waals surface area (Å²) in [6.45, 7) is 0.580. The third-order valence-electron chi connectivity index (χ3n) is 2.02. The standard InChI is InChI=1S/C11H14F3N.ClH/c12-11(13,14)7-9-15-8-6-10-4-2-1-3-5-10;/h1-5,15H,6-9H2;1H. The van der Waals surface area contributed by atoms with Gasteiger partial charge in [-0.05, 0) is 18.5 Å². The van der Waals surface area contributed by atoms with E-state index in [0.717, 1.165) is 12.0 Å². The van der Waals surface area contributed by atoms with E-state index in [1.807, 2.05) is 30.3 Å². The highest BCUT2D eigenvalue weighted by molar-refractivity contribution is 5.85. The van der Waals surface area contributed by atoms with E-state index >= 15 is 0 Å². The van der Waals surface area contributed by atoms with Crippen molar-refractivity contribution < 1.29 is 13.2 Å². The van der Waals surface area contributed by atoms with Gasteiger partial charge in [-0.1, -0.05) is 30.3 Å². The predicted molar refractivity (Wildman–Crippen MR) is 60.9 cm³/mol. The summed E-state index contributed by atoms with van der Waals surface area (Å²) >= 11 is 0. The Hall–Kier alpha value is -0.740. The van der Waals surface area contributed by atoms with Gasteiger partial charge in [-0.25, -0.2) is 0 Å². The fourth-order valence-corrected chi connectivity index (χ4v) is 1.23. The second-order valence-electron chi connectivity index (χ2n) is 3.35. The number of hydrogen-bond acceptors (Lipinski definition) is 1. The second kappa shape index (κ2) is 7.52. The highest BCUT2D eigenvalue weighted by atomic mass is 35.5. The van der Waals surface area contributed by atoms with Gasteiger partial charge in [0, 0.05) is 6.54 Å². The molecule has 0 spiro atoms. The van der Waals surface area contributed by atoms with Crippen LogP contribution < -0.4 is 5.32 Å². The Bertz CT molecular complexity index is 274. The number of hydrogen-bond donors (Lipinski definition) is 1. The Labute approximate surface area is 99.5 Å². The molecule has 0 radical (unpaired) electrons. The molecular weight excluding hydrogens is 239 g/mol. The van der Waals surface area contributed by atoms with E-state index < -0.39 is 12.6 Å². The number of alkyl halides is 3. The minimum atomic E-state index is -4.06. The average molecular weight is 254 g/mol. The number of halogens is 4. The lowest BCUT2D eigenvalue weighted by molar-refractivity contribution is -0.133. The fourth-order valence-electron chi connectivity index (χ4n) is 1.23.